The molecule has 0 aliphatic rings. The number of aromatic nitrogens is 1. The first-order chi connectivity index (χ1) is 6.94. The minimum absolute atomic E-state index is 0.0860. The largest absolute Gasteiger partial charge is 0.379 e. The Hall–Kier alpha value is -0.450. The van der Waals surface area contributed by atoms with Crippen molar-refractivity contribution in [3.8, 4) is 0 Å². The van der Waals surface area contributed by atoms with Gasteiger partial charge in [0.1, 0.15) is 0 Å². The van der Waals surface area contributed by atoms with Crippen LogP contribution in [-0.2, 0) is 4.74 Å². The first-order valence-corrected chi connectivity index (χ1v) is 5.99. The monoisotopic (exact) mass is 228 g/mol. The molecule has 2 N–H and O–H groups in total. The van der Waals surface area contributed by atoms with Crippen LogP contribution in [0.25, 0.3) is 0 Å². The third kappa shape index (κ3) is 3.89. The van der Waals surface area contributed by atoms with E-state index in [-0.39, 0.29) is 11.6 Å². The van der Waals surface area contributed by atoms with Gasteiger partial charge in [0.2, 0.25) is 0 Å². The Bertz CT molecular complexity index is 309. The Morgan fingerprint density at radius 2 is 2.27 bits per heavy atom. The van der Waals surface area contributed by atoms with Gasteiger partial charge in [0, 0.05) is 24.2 Å². The molecule has 0 radical (unpaired) electrons. The molecule has 1 aromatic rings. The Morgan fingerprint density at radius 1 is 1.60 bits per heavy atom. The maximum Gasteiger partial charge on any atom is 0.0897 e. The van der Waals surface area contributed by atoms with Gasteiger partial charge in [-0.2, -0.15) is 0 Å². The van der Waals surface area contributed by atoms with E-state index in [1.807, 2.05) is 13.1 Å². The molecule has 0 spiro atoms. The number of nitrogens with zero attached hydrogens (tertiary/aromatic N) is 1. The highest BCUT2D eigenvalue weighted by Gasteiger charge is 2.19. The van der Waals surface area contributed by atoms with Gasteiger partial charge >= 0.3 is 0 Å². The summed E-state index contributed by atoms with van der Waals surface area (Å²) in [5, 5.41) is 1.08. The van der Waals surface area contributed by atoms with Gasteiger partial charge in [-0.25, -0.2) is 4.98 Å². The third-order valence-corrected chi connectivity index (χ3v) is 3.66. The Kier molecular flexibility index (Phi) is 4.25. The Morgan fingerprint density at radius 3 is 2.73 bits per heavy atom. The van der Waals surface area contributed by atoms with E-state index < -0.39 is 0 Å². The van der Waals surface area contributed by atoms with Crippen molar-refractivity contribution in [2.24, 2.45) is 5.73 Å². The van der Waals surface area contributed by atoms with Crippen LogP contribution in [0.4, 0.5) is 0 Å². The number of nitrogens with two attached hydrogens (primary N) is 1. The van der Waals surface area contributed by atoms with E-state index in [9.17, 15) is 0 Å². The second kappa shape index (κ2) is 5.05. The van der Waals surface area contributed by atoms with Crippen molar-refractivity contribution in [1.82, 2.24) is 4.98 Å². The standard InChI is InChI=1S/C11H20N2OS/c1-8-13-7-10(15-8)9(12)5-6-11(2,3)14-4/h7,9H,5-6,12H2,1-4H3. The van der Waals surface area contributed by atoms with Crippen LogP contribution in [-0.4, -0.2) is 17.7 Å². The number of ether oxygens (including phenoxy) is 1. The minimum atomic E-state index is -0.0860. The summed E-state index contributed by atoms with van der Waals surface area (Å²) in [6.07, 6.45) is 3.77. The van der Waals surface area contributed by atoms with Crippen LogP contribution in [0.15, 0.2) is 6.20 Å². The summed E-state index contributed by atoms with van der Waals surface area (Å²) in [6, 6.07) is 0.0885. The summed E-state index contributed by atoms with van der Waals surface area (Å²) in [6.45, 7) is 6.16. The molecule has 1 atom stereocenters. The lowest BCUT2D eigenvalue weighted by Crippen LogP contribution is -2.24. The van der Waals surface area contributed by atoms with Crippen molar-refractivity contribution in [2.45, 2.75) is 45.3 Å². The van der Waals surface area contributed by atoms with Crippen LogP contribution in [0.2, 0.25) is 0 Å². The topological polar surface area (TPSA) is 48.1 Å². The number of aryl methyl sites for hydroxylation is 1. The van der Waals surface area contributed by atoms with Crippen molar-refractivity contribution in [3.05, 3.63) is 16.1 Å². The number of rotatable bonds is 5. The first kappa shape index (κ1) is 12.6. The van der Waals surface area contributed by atoms with Crippen LogP contribution < -0.4 is 5.73 Å². The first-order valence-electron chi connectivity index (χ1n) is 5.17. The van der Waals surface area contributed by atoms with Crippen molar-refractivity contribution < 1.29 is 4.74 Å². The summed E-state index contributed by atoms with van der Waals surface area (Å²) in [5.74, 6) is 0. The number of methoxy groups -OCH3 is 1. The normalized spacial score (nSPS) is 14.2. The molecule has 1 aromatic heterocycles. The van der Waals surface area contributed by atoms with Gasteiger partial charge in [0.15, 0.2) is 0 Å². The number of hydrogen-bond donors (Lipinski definition) is 1. The minimum Gasteiger partial charge on any atom is -0.379 e. The van der Waals surface area contributed by atoms with Gasteiger partial charge < -0.3 is 10.5 Å². The fraction of sp³-hybridized carbons (Fsp3) is 0.727. The quantitative estimate of drug-likeness (QED) is 0.843. The maximum absolute atomic E-state index is 6.09. The average Bonchev–Trinajstić information content (AvgIpc) is 2.61. The van der Waals surface area contributed by atoms with Crippen LogP contribution >= 0.6 is 11.3 Å². The fourth-order valence-electron chi connectivity index (χ4n) is 1.30. The summed E-state index contributed by atoms with van der Waals surface area (Å²) >= 11 is 1.68. The lowest BCUT2D eigenvalue weighted by Gasteiger charge is -2.24. The molecule has 1 unspecified atom stereocenters. The molecular weight excluding hydrogens is 208 g/mol. The van der Waals surface area contributed by atoms with Crippen LogP contribution in [0.5, 0.6) is 0 Å². The molecule has 0 aliphatic heterocycles. The van der Waals surface area contributed by atoms with Gasteiger partial charge in [-0.1, -0.05) is 0 Å². The molecule has 0 aliphatic carbocycles. The lowest BCUT2D eigenvalue weighted by atomic mass is 9.99. The van der Waals surface area contributed by atoms with Crippen LogP contribution in [0.3, 0.4) is 0 Å². The van der Waals surface area contributed by atoms with E-state index in [0.29, 0.717) is 0 Å². The fourth-order valence-corrected chi connectivity index (χ4v) is 2.12. The van der Waals surface area contributed by atoms with E-state index in [1.165, 1.54) is 4.88 Å². The average molecular weight is 228 g/mol. The molecule has 0 saturated carbocycles. The zero-order chi connectivity index (χ0) is 11.5. The molecule has 1 heterocycles. The van der Waals surface area contributed by atoms with E-state index in [4.69, 9.17) is 10.5 Å². The van der Waals surface area contributed by atoms with Gasteiger partial charge in [-0.15, -0.1) is 11.3 Å². The van der Waals surface area contributed by atoms with Gasteiger partial charge in [-0.05, 0) is 33.6 Å². The van der Waals surface area contributed by atoms with Gasteiger partial charge in [0.05, 0.1) is 10.6 Å². The molecule has 86 valence electrons. The maximum atomic E-state index is 6.09. The molecule has 3 nitrogen and oxygen atoms in total. The van der Waals surface area contributed by atoms with E-state index >= 15 is 0 Å². The van der Waals surface area contributed by atoms with Crippen molar-refractivity contribution in [1.29, 1.82) is 0 Å². The van der Waals surface area contributed by atoms with Crippen molar-refractivity contribution in [2.75, 3.05) is 7.11 Å². The number of thiazole rings is 1. The Balaban J connectivity index is 2.46. The van der Waals surface area contributed by atoms with Crippen molar-refractivity contribution >= 4 is 11.3 Å². The molecule has 0 amide bonds. The smallest absolute Gasteiger partial charge is 0.0897 e. The highest BCUT2D eigenvalue weighted by molar-refractivity contribution is 7.11. The molecule has 1 rings (SSSR count). The molecule has 0 fully saturated rings. The van der Waals surface area contributed by atoms with Crippen LogP contribution in [0.1, 0.15) is 42.6 Å². The lowest BCUT2D eigenvalue weighted by molar-refractivity contribution is 0.0125. The second-order valence-corrected chi connectivity index (χ2v) is 5.66. The zero-order valence-electron chi connectivity index (χ0n) is 9.91. The summed E-state index contributed by atoms with van der Waals surface area (Å²) in [7, 11) is 1.74. The highest BCUT2D eigenvalue weighted by Crippen LogP contribution is 2.25. The van der Waals surface area contributed by atoms with Gasteiger partial charge in [0.25, 0.3) is 0 Å². The second-order valence-electron chi connectivity index (χ2n) is 4.39. The summed E-state index contributed by atoms with van der Waals surface area (Å²) < 4.78 is 5.36. The van der Waals surface area contributed by atoms with E-state index in [1.54, 1.807) is 18.4 Å². The third-order valence-electron chi connectivity index (χ3n) is 2.61. The van der Waals surface area contributed by atoms with Gasteiger partial charge in [-0.3, -0.25) is 0 Å². The molecule has 0 saturated heterocycles. The highest BCUT2D eigenvalue weighted by atomic mass is 32.1. The zero-order valence-corrected chi connectivity index (χ0v) is 10.7. The molecule has 15 heavy (non-hydrogen) atoms. The van der Waals surface area contributed by atoms with Crippen molar-refractivity contribution in [3.63, 3.8) is 0 Å². The van der Waals surface area contributed by atoms with Crippen LogP contribution in [0, 0.1) is 6.92 Å². The SMILES string of the molecule is COC(C)(C)CCC(N)c1cnc(C)s1. The predicted molar refractivity (Wildman–Crippen MR) is 64.1 cm³/mol. The Labute approximate surface area is 95.7 Å². The van der Waals surface area contributed by atoms with E-state index in [2.05, 4.69) is 18.8 Å². The summed E-state index contributed by atoms with van der Waals surface area (Å²) in [5.41, 5.74) is 6.00. The molecule has 4 heteroatoms. The number of hydrogen-bond acceptors (Lipinski definition) is 4. The summed E-state index contributed by atoms with van der Waals surface area (Å²) in [4.78, 5) is 5.38. The predicted octanol–water partition coefficient (Wildman–Crippen LogP) is 2.66. The van der Waals surface area contributed by atoms with E-state index in [0.717, 1.165) is 17.8 Å². The molecular formula is C11H20N2OS. The molecule has 0 aromatic carbocycles. The molecule has 0 bridgehead atoms.